The number of methoxy groups -OCH3 is 1. The first-order valence-corrected chi connectivity index (χ1v) is 8.32. The number of nitrogens with zero attached hydrogens (tertiary/aromatic N) is 2. The molecule has 24 heavy (non-hydrogen) atoms. The van der Waals surface area contributed by atoms with Crippen LogP contribution in [-0.2, 0) is 6.42 Å². The van der Waals surface area contributed by atoms with Gasteiger partial charge >= 0.3 is 0 Å². The van der Waals surface area contributed by atoms with E-state index in [1.54, 1.807) is 7.11 Å². The van der Waals surface area contributed by atoms with Gasteiger partial charge in [0.1, 0.15) is 17.3 Å². The van der Waals surface area contributed by atoms with Crippen LogP contribution in [0.4, 0.5) is 5.82 Å². The topological polar surface area (TPSA) is 39.1 Å². The number of aryl methyl sites for hydroxylation is 1. The second-order valence-electron chi connectivity index (χ2n) is 5.95. The molecular weight excluding hydrogens is 322 g/mol. The molecule has 122 valence electrons. The van der Waals surface area contributed by atoms with E-state index in [0.29, 0.717) is 5.02 Å². The Morgan fingerprint density at radius 1 is 1.21 bits per heavy atom. The summed E-state index contributed by atoms with van der Waals surface area (Å²) >= 11 is 6.21. The molecule has 4 nitrogen and oxygen atoms in total. The van der Waals surface area contributed by atoms with Crippen LogP contribution in [0.25, 0.3) is 16.9 Å². The predicted octanol–water partition coefficient (Wildman–Crippen LogP) is 4.48. The van der Waals surface area contributed by atoms with Crippen LogP contribution in [0.3, 0.4) is 0 Å². The third kappa shape index (κ3) is 2.43. The first kappa shape index (κ1) is 15.1. The Hall–Kier alpha value is -2.46. The summed E-state index contributed by atoms with van der Waals surface area (Å²) in [5.41, 5.74) is 5.31. The lowest BCUT2D eigenvalue weighted by Gasteiger charge is -2.08. The summed E-state index contributed by atoms with van der Waals surface area (Å²) in [6.45, 7) is 3.00. The molecule has 0 bridgehead atoms. The molecule has 0 spiro atoms. The van der Waals surface area contributed by atoms with Crippen molar-refractivity contribution in [1.82, 2.24) is 9.78 Å². The van der Waals surface area contributed by atoms with E-state index in [4.69, 9.17) is 21.4 Å². The standard InChI is InChI=1S/C19H18ClN3O/c1-12-4-3-5-14(10-12)23-19-15(8-9-21-19)18(22-23)16-11-13(20)6-7-17(16)24-2/h3-7,10-11,21H,8-9H2,1-2H3. The molecule has 0 unspecified atom stereocenters. The van der Waals surface area contributed by atoms with E-state index in [2.05, 4.69) is 30.4 Å². The maximum Gasteiger partial charge on any atom is 0.133 e. The van der Waals surface area contributed by atoms with Crippen molar-refractivity contribution in [3.05, 3.63) is 58.6 Å². The highest BCUT2D eigenvalue weighted by Gasteiger charge is 2.25. The number of ether oxygens (including phenoxy) is 1. The van der Waals surface area contributed by atoms with Gasteiger partial charge in [-0.2, -0.15) is 5.10 Å². The van der Waals surface area contributed by atoms with Gasteiger partial charge < -0.3 is 10.1 Å². The van der Waals surface area contributed by atoms with Crippen LogP contribution in [0.15, 0.2) is 42.5 Å². The number of hydrogen-bond donors (Lipinski definition) is 1. The van der Waals surface area contributed by atoms with Crippen molar-refractivity contribution in [2.24, 2.45) is 0 Å². The Labute approximate surface area is 146 Å². The van der Waals surface area contributed by atoms with Gasteiger partial charge in [-0.25, -0.2) is 4.68 Å². The van der Waals surface area contributed by atoms with Gasteiger partial charge in [0.25, 0.3) is 0 Å². The van der Waals surface area contributed by atoms with Crippen LogP contribution in [0.5, 0.6) is 5.75 Å². The quantitative estimate of drug-likeness (QED) is 0.764. The Morgan fingerprint density at radius 2 is 2.08 bits per heavy atom. The third-order valence-electron chi connectivity index (χ3n) is 4.31. The minimum absolute atomic E-state index is 0.676. The van der Waals surface area contributed by atoms with E-state index < -0.39 is 0 Å². The minimum atomic E-state index is 0.676. The lowest BCUT2D eigenvalue weighted by Crippen LogP contribution is -2.04. The van der Waals surface area contributed by atoms with Crippen molar-refractivity contribution in [2.45, 2.75) is 13.3 Å². The molecule has 0 saturated heterocycles. The summed E-state index contributed by atoms with van der Waals surface area (Å²) in [4.78, 5) is 0. The molecule has 2 heterocycles. The lowest BCUT2D eigenvalue weighted by atomic mass is 10.1. The van der Waals surface area contributed by atoms with Crippen LogP contribution in [-0.4, -0.2) is 23.4 Å². The van der Waals surface area contributed by atoms with E-state index in [0.717, 1.165) is 41.5 Å². The molecule has 1 aliphatic rings. The summed E-state index contributed by atoms with van der Waals surface area (Å²) in [5.74, 6) is 1.83. The fourth-order valence-electron chi connectivity index (χ4n) is 3.20. The van der Waals surface area contributed by atoms with Gasteiger partial charge in [-0.05, 0) is 49.2 Å². The van der Waals surface area contributed by atoms with Crippen LogP contribution >= 0.6 is 11.6 Å². The molecule has 0 aliphatic carbocycles. The van der Waals surface area contributed by atoms with Crippen molar-refractivity contribution < 1.29 is 4.74 Å². The number of aromatic nitrogens is 2. The smallest absolute Gasteiger partial charge is 0.133 e. The number of hydrogen-bond acceptors (Lipinski definition) is 3. The molecule has 0 amide bonds. The summed E-state index contributed by atoms with van der Waals surface area (Å²) < 4.78 is 7.50. The highest BCUT2D eigenvalue weighted by Crippen LogP contribution is 2.39. The van der Waals surface area contributed by atoms with Crippen molar-refractivity contribution >= 4 is 17.4 Å². The van der Waals surface area contributed by atoms with Crippen molar-refractivity contribution in [3.8, 4) is 22.7 Å². The first-order valence-electron chi connectivity index (χ1n) is 7.94. The lowest BCUT2D eigenvalue weighted by molar-refractivity contribution is 0.416. The minimum Gasteiger partial charge on any atom is -0.496 e. The highest BCUT2D eigenvalue weighted by molar-refractivity contribution is 6.31. The van der Waals surface area contributed by atoms with E-state index in [1.807, 2.05) is 28.9 Å². The van der Waals surface area contributed by atoms with Gasteiger partial charge in [0.05, 0.1) is 12.8 Å². The number of rotatable bonds is 3. The average Bonchev–Trinajstić information content (AvgIpc) is 3.17. The molecule has 2 aromatic carbocycles. The van der Waals surface area contributed by atoms with E-state index in [1.165, 1.54) is 11.1 Å². The van der Waals surface area contributed by atoms with Gasteiger partial charge in [0.15, 0.2) is 0 Å². The molecular formula is C19H18ClN3O. The molecule has 0 saturated carbocycles. The second kappa shape index (κ2) is 5.87. The van der Waals surface area contributed by atoms with Crippen LogP contribution in [0, 0.1) is 6.92 Å². The molecule has 1 aliphatic heterocycles. The fourth-order valence-corrected chi connectivity index (χ4v) is 3.37. The van der Waals surface area contributed by atoms with Gasteiger partial charge in [-0.3, -0.25) is 0 Å². The van der Waals surface area contributed by atoms with Crippen LogP contribution < -0.4 is 10.1 Å². The molecule has 0 atom stereocenters. The molecule has 3 aromatic rings. The molecule has 1 aromatic heterocycles. The third-order valence-corrected chi connectivity index (χ3v) is 4.55. The number of benzene rings is 2. The summed E-state index contributed by atoms with van der Waals surface area (Å²) in [7, 11) is 1.67. The maximum atomic E-state index is 6.21. The zero-order valence-electron chi connectivity index (χ0n) is 13.6. The Kier molecular flexibility index (Phi) is 3.69. The highest BCUT2D eigenvalue weighted by atomic mass is 35.5. The predicted molar refractivity (Wildman–Crippen MR) is 97.5 cm³/mol. The maximum absolute atomic E-state index is 6.21. The average molecular weight is 340 g/mol. The summed E-state index contributed by atoms with van der Waals surface area (Å²) in [6.07, 6.45) is 0.937. The summed E-state index contributed by atoms with van der Waals surface area (Å²) in [5, 5.41) is 9.01. The van der Waals surface area contributed by atoms with Gasteiger partial charge in [-0.15, -0.1) is 0 Å². The molecule has 1 N–H and O–H groups in total. The number of nitrogens with one attached hydrogen (secondary N) is 1. The van der Waals surface area contributed by atoms with Gasteiger partial charge in [0, 0.05) is 22.7 Å². The monoisotopic (exact) mass is 339 g/mol. The molecule has 0 fully saturated rings. The van der Waals surface area contributed by atoms with E-state index in [-0.39, 0.29) is 0 Å². The Morgan fingerprint density at radius 3 is 2.88 bits per heavy atom. The van der Waals surface area contributed by atoms with Crippen molar-refractivity contribution in [1.29, 1.82) is 0 Å². The fraction of sp³-hybridized carbons (Fsp3) is 0.211. The zero-order valence-corrected chi connectivity index (χ0v) is 14.4. The molecule has 0 radical (unpaired) electrons. The molecule has 5 heteroatoms. The van der Waals surface area contributed by atoms with E-state index >= 15 is 0 Å². The second-order valence-corrected chi connectivity index (χ2v) is 6.38. The first-order chi connectivity index (χ1) is 11.7. The Bertz CT molecular complexity index is 917. The van der Waals surface area contributed by atoms with Crippen LogP contribution in [0.2, 0.25) is 5.02 Å². The largest absolute Gasteiger partial charge is 0.496 e. The number of anilines is 1. The van der Waals surface area contributed by atoms with Crippen molar-refractivity contribution in [3.63, 3.8) is 0 Å². The normalized spacial score (nSPS) is 12.8. The number of halogens is 1. The van der Waals surface area contributed by atoms with E-state index in [9.17, 15) is 0 Å². The Balaban J connectivity index is 1.93. The van der Waals surface area contributed by atoms with Gasteiger partial charge in [-0.1, -0.05) is 23.7 Å². The SMILES string of the molecule is COc1ccc(Cl)cc1-c1nn(-c2cccc(C)c2)c2c1CCN2. The van der Waals surface area contributed by atoms with Crippen LogP contribution in [0.1, 0.15) is 11.1 Å². The van der Waals surface area contributed by atoms with Gasteiger partial charge in [0.2, 0.25) is 0 Å². The van der Waals surface area contributed by atoms with Crippen molar-refractivity contribution in [2.75, 3.05) is 19.0 Å². The number of fused-ring (bicyclic) bond motifs is 1. The zero-order chi connectivity index (χ0) is 16.7. The summed E-state index contributed by atoms with van der Waals surface area (Å²) in [6, 6.07) is 14.0. The molecule has 4 rings (SSSR count).